The summed E-state index contributed by atoms with van der Waals surface area (Å²) in [5.41, 5.74) is 0.693. The molecule has 1 aromatic heterocycles. The fourth-order valence-electron chi connectivity index (χ4n) is 0.864. The Bertz CT molecular complexity index is 265. The minimum atomic E-state index is 0.320. The average Bonchev–Trinajstić information content (AvgIpc) is 2.16. The Balaban J connectivity index is 3.02. The molecular formula is C8H10ClNO2. The molecule has 0 aliphatic carbocycles. The molecule has 12 heavy (non-hydrogen) atoms. The van der Waals surface area contributed by atoms with Crippen molar-refractivity contribution < 1.29 is 9.47 Å². The summed E-state index contributed by atoms with van der Waals surface area (Å²) >= 11 is 5.64. The van der Waals surface area contributed by atoms with E-state index < -0.39 is 0 Å². The monoisotopic (exact) mass is 187 g/mol. The van der Waals surface area contributed by atoms with Gasteiger partial charge in [0, 0.05) is 6.07 Å². The summed E-state index contributed by atoms with van der Waals surface area (Å²) < 4.78 is 9.96. The third-order valence-electron chi connectivity index (χ3n) is 1.46. The van der Waals surface area contributed by atoms with Crippen LogP contribution >= 0.6 is 11.6 Å². The number of aromatic nitrogens is 1. The SMILES string of the molecule is COc1ccc(OC)c(CCl)n1. The Kier molecular flexibility index (Phi) is 3.17. The molecule has 0 spiro atoms. The van der Waals surface area contributed by atoms with E-state index in [-0.39, 0.29) is 0 Å². The zero-order valence-corrected chi connectivity index (χ0v) is 7.76. The third kappa shape index (κ3) is 1.80. The lowest BCUT2D eigenvalue weighted by molar-refractivity contribution is 0.384. The van der Waals surface area contributed by atoms with Crippen LogP contribution in [0.1, 0.15) is 5.69 Å². The number of pyridine rings is 1. The van der Waals surface area contributed by atoms with Crippen molar-refractivity contribution >= 4 is 11.6 Å². The summed E-state index contributed by atoms with van der Waals surface area (Å²) in [6.45, 7) is 0. The van der Waals surface area contributed by atoms with Gasteiger partial charge in [-0.2, -0.15) is 0 Å². The van der Waals surface area contributed by atoms with E-state index in [4.69, 9.17) is 21.1 Å². The third-order valence-corrected chi connectivity index (χ3v) is 1.72. The second-order valence-electron chi connectivity index (χ2n) is 2.14. The number of hydrogen-bond acceptors (Lipinski definition) is 3. The highest BCUT2D eigenvalue weighted by Gasteiger charge is 2.04. The maximum atomic E-state index is 5.64. The van der Waals surface area contributed by atoms with E-state index in [1.165, 1.54) is 0 Å². The summed E-state index contributed by atoms with van der Waals surface area (Å²) in [4.78, 5) is 4.10. The first kappa shape index (κ1) is 9.13. The Labute approximate surface area is 76.3 Å². The maximum Gasteiger partial charge on any atom is 0.213 e. The van der Waals surface area contributed by atoms with Crippen molar-refractivity contribution in [1.29, 1.82) is 0 Å². The topological polar surface area (TPSA) is 31.4 Å². The zero-order chi connectivity index (χ0) is 8.97. The van der Waals surface area contributed by atoms with Crippen molar-refractivity contribution in [1.82, 2.24) is 4.98 Å². The van der Waals surface area contributed by atoms with Crippen molar-refractivity contribution in [3.63, 3.8) is 0 Å². The lowest BCUT2D eigenvalue weighted by Crippen LogP contribution is -1.95. The molecule has 0 unspecified atom stereocenters. The molecular weight excluding hydrogens is 178 g/mol. The predicted molar refractivity (Wildman–Crippen MR) is 46.9 cm³/mol. The van der Waals surface area contributed by atoms with Crippen LogP contribution in [0.2, 0.25) is 0 Å². The highest BCUT2D eigenvalue weighted by Crippen LogP contribution is 2.20. The Morgan fingerprint density at radius 1 is 1.33 bits per heavy atom. The minimum Gasteiger partial charge on any atom is -0.495 e. The molecule has 1 aromatic rings. The van der Waals surface area contributed by atoms with Crippen LogP contribution in [0.25, 0.3) is 0 Å². The van der Waals surface area contributed by atoms with E-state index in [1.54, 1.807) is 26.4 Å². The lowest BCUT2D eigenvalue weighted by Gasteiger charge is -2.05. The fourth-order valence-corrected chi connectivity index (χ4v) is 1.06. The minimum absolute atomic E-state index is 0.320. The summed E-state index contributed by atoms with van der Waals surface area (Å²) in [5, 5.41) is 0. The van der Waals surface area contributed by atoms with Crippen LogP contribution in [0.4, 0.5) is 0 Å². The molecule has 3 nitrogen and oxygen atoms in total. The van der Waals surface area contributed by atoms with Gasteiger partial charge in [0.2, 0.25) is 5.88 Å². The van der Waals surface area contributed by atoms with Crippen molar-refractivity contribution in [3.8, 4) is 11.6 Å². The average molecular weight is 188 g/mol. The molecule has 0 saturated carbocycles. The number of nitrogens with zero attached hydrogens (tertiary/aromatic N) is 1. The second kappa shape index (κ2) is 4.16. The smallest absolute Gasteiger partial charge is 0.213 e. The molecule has 0 fully saturated rings. The first-order valence-electron chi connectivity index (χ1n) is 3.45. The van der Waals surface area contributed by atoms with Crippen LogP contribution in [0.15, 0.2) is 12.1 Å². The van der Waals surface area contributed by atoms with Gasteiger partial charge in [-0.1, -0.05) is 0 Å². The summed E-state index contributed by atoms with van der Waals surface area (Å²) in [6.07, 6.45) is 0. The molecule has 0 atom stereocenters. The molecule has 0 N–H and O–H groups in total. The molecule has 0 bridgehead atoms. The van der Waals surface area contributed by atoms with Gasteiger partial charge in [0.1, 0.15) is 11.4 Å². The van der Waals surface area contributed by atoms with E-state index in [2.05, 4.69) is 4.98 Å². The number of halogens is 1. The predicted octanol–water partition coefficient (Wildman–Crippen LogP) is 1.84. The van der Waals surface area contributed by atoms with E-state index in [0.717, 1.165) is 0 Å². The highest BCUT2D eigenvalue weighted by molar-refractivity contribution is 6.17. The zero-order valence-electron chi connectivity index (χ0n) is 7.00. The first-order valence-corrected chi connectivity index (χ1v) is 3.99. The van der Waals surface area contributed by atoms with Gasteiger partial charge in [0.15, 0.2) is 0 Å². The molecule has 1 heterocycles. The largest absolute Gasteiger partial charge is 0.495 e. The summed E-state index contributed by atoms with van der Waals surface area (Å²) in [5.74, 6) is 1.55. The molecule has 66 valence electrons. The van der Waals surface area contributed by atoms with E-state index in [9.17, 15) is 0 Å². The van der Waals surface area contributed by atoms with E-state index in [1.807, 2.05) is 0 Å². The first-order chi connectivity index (χ1) is 5.81. The molecule has 0 aliphatic heterocycles. The number of alkyl halides is 1. The quantitative estimate of drug-likeness (QED) is 0.677. The summed E-state index contributed by atoms with van der Waals surface area (Å²) in [6, 6.07) is 3.51. The Morgan fingerprint density at radius 2 is 2.08 bits per heavy atom. The van der Waals surface area contributed by atoms with Gasteiger partial charge in [-0.05, 0) is 6.07 Å². The van der Waals surface area contributed by atoms with Gasteiger partial charge < -0.3 is 9.47 Å². The van der Waals surface area contributed by atoms with Gasteiger partial charge in [-0.25, -0.2) is 4.98 Å². The van der Waals surface area contributed by atoms with Crippen LogP contribution in [0.3, 0.4) is 0 Å². The van der Waals surface area contributed by atoms with E-state index in [0.29, 0.717) is 23.2 Å². The van der Waals surface area contributed by atoms with Crippen molar-refractivity contribution in [3.05, 3.63) is 17.8 Å². The summed E-state index contributed by atoms with van der Waals surface area (Å²) in [7, 11) is 3.15. The molecule has 0 amide bonds. The van der Waals surface area contributed by atoms with Gasteiger partial charge >= 0.3 is 0 Å². The van der Waals surface area contributed by atoms with E-state index >= 15 is 0 Å². The van der Waals surface area contributed by atoms with Gasteiger partial charge in [0.25, 0.3) is 0 Å². The van der Waals surface area contributed by atoms with Crippen LogP contribution in [-0.2, 0) is 5.88 Å². The highest BCUT2D eigenvalue weighted by atomic mass is 35.5. The van der Waals surface area contributed by atoms with Gasteiger partial charge in [0.05, 0.1) is 20.1 Å². The van der Waals surface area contributed by atoms with Crippen molar-refractivity contribution in [2.45, 2.75) is 5.88 Å². The van der Waals surface area contributed by atoms with Crippen LogP contribution < -0.4 is 9.47 Å². The van der Waals surface area contributed by atoms with Gasteiger partial charge in [-0.15, -0.1) is 11.6 Å². The second-order valence-corrected chi connectivity index (χ2v) is 2.40. The normalized spacial score (nSPS) is 9.58. The molecule has 0 aromatic carbocycles. The molecule has 0 radical (unpaired) electrons. The Hall–Kier alpha value is -0.960. The van der Waals surface area contributed by atoms with Gasteiger partial charge in [-0.3, -0.25) is 0 Å². The number of hydrogen-bond donors (Lipinski definition) is 0. The standard InChI is InChI=1S/C8H10ClNO2/c1-11-7-3-4-8(12-2)10-6(7)5-9/h3-4H,5H2,1-2H3. The maximum absolute atomic E-state index is 5.64. The van der Waals surface area contributed by atoms with Crippen LogP contribution in [-0.4, -0.2) is 19.2 Å². The Morgan fingerprint density at radius 3 is 2.58 bits per heavy atom. The van der Waals surface area contributed by atoms with Crippen LogP contribution in [0, 0.1) is 0 Å². The van der Waals surface area contributed by atoms with Crippen molar-refractivity contribution in [2.24, 2.45) is 0 Å². The lowest BCUT2D eigenvalue weighted by atomic mass is 10.3. The molecule has 4 heteroatoms. The fraction of sp³-hybridized carbons (Fsp3) is 0.375. The molecule has 0 aliphatic rings. The molecule has 1 rings (SSSR count). The molecule has 0 saturated heterocycles. The number of rotatable bonds is 3. The number of ether oxygens (including phenoxy) is 2. The number of methoxy groups -OCH3 is 2. The van der Waals surface area contributed by atoms with Crippen LogP contribution in [0.5, 0.6) is 11.6 Å². The van der Waals surface area contributed by atoms with Crippen molar-refractivity contribution in [2.75, 3.05) is 14.2 Å².